The zero-order valence-corrected chi connectivity index (χ0v) is 10.9. The first-order valence-electron chi connectivity index (χ1n) is 6.06. The predicted octanol–water partition coefficient (Wildman–Crippen LogP) is 3.18. The summed E-state index contributed by atoms with van der Waals surface area (Å²) in [5.41, 5.74) is 1.23. The topological polar surface area (TPSA) is 51.8 Å². The van der Waals surface area contributed by atoms with Crippen LogP contribution in [-0.4, -0.2) is 18.3 Å². The molecule has 0 amide bonds. The zero-order chi connectivity index (χ0) is 13.2. The maximum absolute atomic E-state index is 10.3. The molecule has 3 rings (SSSR count). The van der Waals surface area contributed by atoms with E-state index in [1.54, 1.807) is 24.3 Å². The zero-order valence-electron chi connectivity index (χ0n) is 10.1. The third-order valence-corrected chi connectivity index (χ3v) is 3.34. The molecule has 19 heavy (non-hydrogen) atoms. The van der Waals surface area contributed by atoms with Gasteiger partial charge in [0.15, 0.2) is 16.7 Å². The fraction of sp³-hybridized carbons (Fsp3) is 0.286. The van der Waals surface area contributed by atoms with E-state index in [0.29, 0.717) is 35.8 Å². The second kappa shape index (κ2) is 5.15. The Kier molecular flexibility index (Phi) is 3.36. The van der Waals surface area contributed by atoms with Crippen LogP contribution in [0.1, 0.15) is 23.7 Å². The molecule has 0 fully saturated rings. The summed E-state index contributed by atoms with van der Waals surface area (Å²) in [5, 5.41) is 10.5. The summed E-state index contributed by atoms with van der Waals surface area (Å²) in [4.78, 5) is 0. The van der Waals surface area contributed by atoms with Gasteiger partial charge in [-0.15, -0.1) is 0 Å². The SMILES string of the molecule is OC(c1ccc2c(c1)OCCCO2)c1ccoc1Cl. The van der Waals surface area contributed by atoms with Gasteiger partial charge in [-0.05, 0) is 35.4 Å². The van der Waals surface area contributed by atoms with Crippen LogP contribution in [0, 0.1) is 0 Å². The largest absolute Gasteiger partial charge is 0.490 e. The van der Waals surface area contributed by atoms with Crippen LogP contribution in [0.25, 0.3) is 0 Å². The van der Waals surface area contributed by atoms with Gasteiger partial charge in [-0.2, -0.15) is 0 Å². The summed E-state index contributed by atoms with van der Waals surface area (Å²) < 4.78 is 16.1. The highest BCUT2D eigenvalue weighted by atomic mass is 35.5. The quantitative estimate of drug-likeness (QED) is 0.918. The van der Waals surface area contributed by atoms with Gasteiger partial charge < -0.3 is 19.0 Å². The summed E-state index contributed by atoms with van der Waals surface area (Å²) in [7, 11) is 0. The Morgan fingerprint density at radius 3 is 2.63 bits per heavy atom. The maximum Gasteiger partial charge on any atom is 0.199 e. The van der Waals surface area contributed by atoms with Crippen LogP contribution in [0.4, 0.5) is 0 Å². The number of aliphatic hydroxyl groups excluding tert-OH is 1. The lowest BCUT2D eigenvalue weighted by Gasteiger charge is -2.13. The average Bonchev–Trinajstić information content (AvgIpc) is 2.72. The van der Waals surface area contributed by atoms with Gasteiger partial charge in [-0.25, -0.2) is 0 Å². The highest BCUT2D eigenvalue weighted by Crippen LogP contribution is 2.35. The molecule has 2 aromatic rings. The minimum atomic E-state index is -0.844. The number of benzene rings is 1. The molecule has 0 radical (unpaired) electrons. The predicted molar refractivity (Wildman–Crippen MR) is 69.8 cm³/mol. The van der Waals surface area contributed by atoms with Crippen LogP contribution in [0.2, 0.25) is 5.22 Å². The maximum atomic E-state index is 10.3. The van der Waals surface area contributed by atoms with Crippen LogP contribution >= 0.6 is 11.6 Å². The Morgan fingerprint density at radius 2 is 1.89 bits per heavy atom. The lowest BCUT2D eigenvalue weighted by molar-refractivity contribution is 0.218. The van der Waals surface area contributed by atoms with Gasteiger partial charge in [-0.1, -0.05) is 6.07 Å². The monoisotopic (exact) mass is 280 g/mol. The van der Waals surface area contributed by atoms with Crippen molar-refractivity contribution in [1.82, 2.24) is 0 Å². The molecule has 1 N–H and O–H groups in total. The van der Waals surface area contributed by atoms with Gasteiger partial charge in [0.2, 0.25) is 0 Å². The molecular weight excluding hydrogens is 268 g/mol. The highest BCUT2D eigenvalue weighted by Gasteiger charge is 2.19. The van der Waals surface area contributed by atoms with E-state index in [2.05, 4.69) is 0 Å². The molecule has 1 aromatic carbocycles. The van der Waals surface area contributed by atoms with E-state index in [-0.39, 0.29) is 5.22 Å². The minimum Gasteiger partial charge on any atom is -0.490 e. The molecule has 100 valence electrons. The highest BCUT2D eigenvalue weighted by molar-refractivity contribution is 6.29. The molecule has 4 nitrogen and oxygen atoms in total. The Labute approximate surface area is 115 Å². The van der Waals surface area contributed by atoms with E-state index in [0.717, 1.165) is 6.42 Å². The molecule has 2 heterocycles. The fourth-order valence-electron chi connectivity index (χ4n) is 2.03. The van der Waals surface area contributed by atoms with Gasteiger partial charge >= 0.3 is 0 Å². The third-order valence-electron chi connectivity index (χ3n) is 3.03. The number of hydrogen-bond donors (Lipinski definition) is 1. The summed E-state index contributed by atoms with van der Waals surface area (Å²) in [6.45, 7) is 1.25. The van der Waals surface area contributed by atoms with Crippen molar-refractivity contribution < 1.29 is 19.0 Å². The van der Waals surface area contributed by atoms with Gasteiger partial charge in [0, 0.05) is 12.0 Å². The second-order valence-electron chi connectivity index (χ2n) is 4.31. The molecule has 1 aromatic heterocycles. The van der Waals surface area contributed by atoms with Crippen molar-refractivity contribution in [1.29, 1.82) is 0 Å². The smallest absolute Gasteiger partial charge is 0.199 e. The molecule has 0 spiro atoms. The van der Waals surface area contributed by atoms with Crippen molar-refractivity contribution >= 4 is 11.6 Å². The average molecular weight is 281 g/mol. The first-order chi connectivity index (χ1) is 9.25. The minimum absolute atomic E-state index is 0.194. The Hall–Kier alpha value is -1.65. The van der Waals surface area contributed by atoms with Crippen LogP contribution in [0.3, 0.4) is 0 Å². The standard InChI is InChI=1S/C14H13ClO4/c15-14-10(4-7-19-14)13(16)9-2-3-11-12(8-9)18-6-1-5-17-11/h2-4,7-8,13,16H,1,5-6H2. The van der Waals surface area contributed by atoms with Crippen molar-refractivity contribution in [3.8, 4) is 11.5 Å². The molecule has 1 aliphatic heterocycles. The molecule has 5 heteroatoms. The number of aliphatic hydroxyl groups is 1. The van der Waals surface area contributed by atoms with E-state index >= 15 is 0 Å². The molecule has 1 unspecified atom stereocenters. The number of furan rings is 1. The molecule has 0 bridgehead atoms. The van der Waals surface area contributed by atoms with Gasteiger partial charge in [0.25, 0.3) is 0 Å². The van der Waals surface area contributed by atoms with Crippen molar-refractivity contribution in [2.45, 2.75) is 12.5 Å². The lowest BCUT2D eigenvalue weighted by atomic mass is 10.0. The molecule has 0 saturated heterocycles. The second-order valence-corrected chi connectivity index (χ2v) is 4.65. The van der Waals surface area contributed by atoms with E-state index in [1.165, 1.54) is 6.26 Å². The fourth-order valence-corrected chi connectivity index (χ4v) is 2.25. The summed E-state index contributed by atoms with van der Waals surface area (Å²) in [5.74, 6) is 1.35. The molecule has 0 aliphatic carbocycles. The van der Waals surface area contributed by atoms with Crippen molar-refractivity contribution in [3.63, 3.8) is 0 Å². The molecule has 1 atom stereocenters. The third kappa shape index (κ3) is 2.41. The Balaban J connectivity index is 1.93. The first-order valence-corrected chi connectivity index (χ1v) is 6.44. The van der Waals surface area contributed by atoms with Gasteiger partial charge in [0.05, 0.1) is 19.5 Å². The Bertz CT molecular complexity index is 579. The number of halogens is 1. The van der Waals surface area contributed by atoms with Crippen molar-refractivity contribution in [2.75, 3.05) is 13.2 Å². The summed E-state index contributed by atoms with van der Waals surface area (Å²) in [6, 6.07) is 7.01. The number of hydrogen-bond acceptors (Lipinski definition) is 4. The van der Waals surface area contributed by atoms with E-state index in [1.807, 2.05) is 0 Å². The number of ether oxygens (including phenoxy) is 2. The van der Waals surface area contributed by atoms with E-state index in [9.17, 15) is 5.11 Å². The summed E-state index contributed by atoms with van der Waals surface area (Å²) >= 11 is 5.87. The van der Waals surface area contributed by atoms with Crippen molar-refractivity contribution in [2.24, 2.45) is 0 Å². The van der Waals surface area contributed by atoms with Crippen LogP contribution in [0.5, 0.6) is 11.5 Å². The van der Waals surface area contributed by atoms with E-state index < -0.39 is 6.10 Å². The number of fused-ring (bicyclic) bond motifs is 1. The van der Waals surface area contributed by atoms with Crippen LogP contribution in [0.15, 0.2) is 34.9 Å². The molecule has 1 aliphatic rings. The van der Waals surface area contributed by atoms with Gasteiger partial charge in [-0.3, -0.25) is 0 Å². The normalized spacial score (nSPS) is 15.9. The van der Waals surface area contributed by atoms with Crippen LogP contribution in [-0.2, 0) is 0 Å². The first kappa shape index (κ1) is 12.4. The molecular formula is C14H13ClO4. The van der Waals surface area contributed by atoms with Gasteiger partial charge in [0.1, 0.15) is 6.10 Å². The Morgan fingerprint density at radius 1 is 1.11 bits per heavy atom. The summed E-state index contributed by atoms with van der Waals surface area (Å²) in [6.07, 6.45) is 1.45. The lowest BCUT2D eigenvalue weighted by Crippen LogP contribution is -2.00. The molecule has 0 saturated carbocycles. The van der Waals surface area contributed by atoms with E-state index in [4.69, 9.17) is 25.5 Å². The van der Waals surface area contributed by atoms with Crippen molar-refractivity contribution in [3.05, 3.63) is 46.9 Å². The number of rotatable bonds is 2. The van der Waals surface area contributed by atoms with Crippen LogP contribution < -0.4 is 9.47 Å².